The van der Waals surface area contributed by atoms with Crippen LogP contribution in [0.1, 0.15) is 12.8 Å². The Kier molecular flexibility index (Phi) is 8.04. The van der Waals surface area contributed by atoms with Crippen molar-refractivity contribution in [3.05, 3.63) is 30.3 Å². The first-order chi connectivity index (χ1) is 9.29. The number of hydrogen-bond acceptors (Lipinski definition) is 3. The number of likely N-dealkylation sites (tertiary alicyclic amines) is 1. The van der Waals surface area contributed by atoms with Crippen LogP contribution in [0.5, 0.6) is 0 Å². The Bertz CT molecular complexity index is 394. The summed E-state index contributed by atoms with van der Waals surface area (Å²) >= 11 is 1.63. The van der Waals surface area contributed by atoms with Crippen LogP contribution in [0.25, 0.3) is 0 Å². The molecule has 1 aliphatic heterocycles. The summed E-state index contributed by atoms with van der Waals surface area (Å²) in [4.78, 5) is 15.3. The second-order valence-electron chi connectivity index (χ2n) is 4.98. The van der Waals surface area contributed by atoms with Gasteiger partial charge in [-0.2, -0.15) is 0 Å². The molecular formula is C15H23ClN2OS. The summed E-state index contributed by atoms with van der Waals surface area (Å²) in [5.41, 5.74) is 0. The lowest BCUT2D eigenvalue weighted by atomic mass is 9.97. The molecule has 0 aliphatic carbocycles. The second-order valence-corrected chi connectivity index (χ2v) is 6.03. The van der Waals surface area contributed by atoms with Crippen molar-refractivity contribution in [2.75, 3.05) is 32.4 Å². The van der Waals surface area contributed by atoms with Crippen LogP contribution >= 0.6 is 24.2 Å². The van der Waals surface area contributed by atoms with Gasteiger partial charge in [-0.25, -0.2) is 0 Å². The van der Waals surface area contributed by atoms with Gasteiger partial charge in [-0.1, -0.05) is 18.2 Å². The molecule has 112 valence electrons. The zero-order valence-electron chi connectivity index (χ0n) is 11.9. The zero-order valence-corrected chi connectivity index (χ0v) is 13.5. The van der Waals surface area contributed by atoms with Gasteiger partial charge in [0, 0.05) is 18.0 Å². The third-order valence-electron chi connectivity index (χ3n) is 3.57. The highest BCUT2D eigenvalue weighted by Gasteiger charge is 2.22. The number of thioether (sulfide) groups is 1. The van der Waals surface area contributed by atoms with Gasteiger partial charge in [0.15, 0.2) is 0 Å². The van der Waals surface area contributed by atoms with E-state index in [0.717, 1.165) is 38.4 Å². The lowest BCUT2D eigenvalue weighted by molar-refractivity contribution is -0.129. The van der Waals surface area contributed by atoms with Crippen LogP contribution in [-0.4, -0.2) is 43.2 Å². The number of amides is 1. The number of hydrogen-bond donors (Lipinski definition) is 1. The quantitative estimate of drug-likeness (QED) is 0.848. The summed E-state index contributed by atoms with van der Waals surface area (Å²) in [5.74, 6) is 1.56. The van der Waals surface area contributed by atoms with Crippen LogP contribution < -0.4 is 5.32 Å². The van der Waals surface area contributed by atoms with E-state index >= 15 is 0 Å². The van der Waals surface area contributed by atoms with Gasteiger partial charge in [0.2, 0.25) is 5.91 Å². The molecule has 0 radical (unpaired) electrons. The molecular weight excluding hydrogens is 292 g/mol. The summed E-state index contributed by atoms with van der Waals surface area (Å²) in [6.07, 6.45) is 2.26. The Morgan fingerprint density at radius 1 is 1.30 bits per heavy atom. The van der Waals surface area contributed by atoms with E-state index in [4.69, 9.17) is 0 Å². The Labute approximate surface area is 131 Å². The third-order valence-corrected chi connectivity index (χ3v) is 4.56. The predicted molar refractivity (Wildman–Crippen MR) is 87.6 cm³/mol. The second kappa shape index (κ2) is 9.27. The van der Waals surface area contributed by atoms with Crippen LogP contribution in [0.3, 0.4) is 0 Å². The maximum Gasteiger partial charge on any atom is 0.232 e. The van der Waals surface area contributed by atoms with E-state index in [2.05, 4.69) is 17.4 Å². The minimum absolute atomic E-state index is 0. The van der Waals surface area contributed by atoms with Crippen LogP contribution in [0.15, 0.2) is 35.2 Å². The van der Waals surface area contributed by atoms with Crippen molar-refractivity contribution in [1.29, 1.82) is 0 Å². The summed E-state index contributed by atoms with van der Waals surface area (Å²) in [6.45, 7) is 2.90. The standard InChI is InChI=1S/C15H22N2OS.ClH/c1-16-11-13-7-9-17(10-8-13)15(18)12-19-14-5-3-2-4-6-14;/h2-6,13,16H,7-12H2,1H3;1H. The summed E-state index contributed by atoms with van der Waals surface area (Å²) < 4.78 is 0. The van der Waals surface area contributed by atoms with Crippen LogP contribution in [0.2, 0.25) is 0 Å². The molecule has 0 unspecified atom stereocenters. The summed E-state index contributed by atoms with van der Waals surface area (Å²) in [7, 11) is 1.99. The van der Waals surface area contributed by atoms with Crippen molar-refractivity contribution in [1.82, 2.24) is 10.2 Å². The lowest BCUT2D eigenvalue weighted by Crippen LogP contribution is -2.41. The fraction of sp³-hybridized carbons (Fsp3) is 0.533. The van der Waals surface area contributed by atoms with Crippen molar-refractivity contribution in [2.24, 2.45) is 5.92 Å². The molecule has 0 saturated carbocycles. The van der Waals surface area contributed by atoms with Gasteiger partial charge in [0.1, 0.15) is 0 Å². The number of benzene rings is 1. The summed E-state index contributed by atoms with van der Waals surface area (Å²) in [6, 6.07) is 10.1. The molecule has 0 aromatic heterocycles. The Morgan fingerprint density at radius 3 is 2.55 bits per heavy atom. The van der Waals surface area contributed by atoms with Gasteiger partial charge in [0.25, 0.3) is 0 Å². The van der Waals surface area contributed by atoms with E-state index < -0.39 is 0 Å². The molecule has 1 aromatic rings. The fourth-order valence-electron chi connectivity index (χ4n) is 2.43. The minimum atomic E-state index is 0. The first-order valence-corrected chi connectivity index (χ1v) is 7.88. The van der Waals surface area contributed by atoms with Crippen LogP contribution in [0, 0.1) is 5.92 Å². The summed E-state index contributed by atoms with van der Waals surface area (Å²) in [5, 5.41) is 3.22. The molecule has 2 rings (SSSR count). The number of piperidine rings is 1. The first-order valence-electron chi connectivity index (χ1n) is 6.90. The Balaban J connectivity index is 0.00000200. The van der Waals surface area contributed by atoms with E-state index in [1.807, 2.05) is 30.1 Å². The predicted octanol–water partition coefficient (Wildman–Crippen LogP) is 2.66. The number of nitrogens with one attached hydrogen (secondary N) is 1. The normalized spacial score (nSPS) is 15.8. The molecule has 1 aromatic carbocycles. The van der Waals surface area contributed by atoms with Crippen molar-refractivity contribution in [3.8, 4) is 0 Å². The maximum atomic E-state index is 12.1. The van der Waals surface area contributed by atoms with Crippen LogP contribution in [-0.2, 0) is 4.79 Å². The molecule has 1 saturated heterocycles. The zero-order chi connectivity index (χ0) is 13.5. The third kappa shape index (κ3) is 5.35. The molecule has 1 aliphatic rings. The van der Waals surface area contributed by atoms with Crippen molar-refractivity contribution < 1.29 is 4.79 Å². The van der Waals surface area contributed by atoms with E-state index in [0.29, 0.717) is 5.75 Å². The van der Waals surface area contributed by atoms with Gasteiger partial charge in [-0.3, -0.25) is 4.79 Å². The van der Waals surface area contributed by atoms with Gasteiger partial charge < -0.3 is 10.2 Å². The Hall–Kier alpha value is -0.710. The number of nitrogens with zero attached hydrogens (tertiary/aromatic N) is 1. The molecule has 1 heterocycles. The molecule has 5 heteroatoms. The van der Waals surface area contributed by atoms with E-state index in [-0.39, 0.29) is 18.3 Å². The number of carbonyl (C=O) groups is 1. The monoisotopic (exact) mass is 314 g/mol. The molecule has 1 amide bonds. The van der Waals surface area contributed by atoms with Crippen molar-refractivity contribution >= 4 is 30.1 Å². The molecule has 0 bridgehead atoms. The molecule has 1 N–H and O–H groups in total. The number of halogens is 1. The maximum absolute atomic E-state index is 12.1. The highest BCUT2D eigenvalue weighted by Crippen LogP contribution is 2.20. The molecule has 1 fully saturated rings. The van der Waals surface area contributed by atoms with Crippen molar-refractivity contribution in [2.45, 2.75) is 17.7 Å². The number of carbonyl (C=O) groups excluding carboxylic acids is 1. The lowest BCUT2D eigenvalue weighted by Gasteiger charge is -2.31. The molecule has 0 atom stereocenters. The van der Waals surface area contributed by atoms with Gasteiger partial charge in [-0.05, 0) is 44.5 Å². The largest absolute Gasteiger partial charge is 0.342 e. The molecule has 0 spiro atoms. The minimum Gasteiger partial charge on any atom is -0.342 e. The topological polar surface area (TPSA) is 32.3 Å². The highest BCUT2D eigenvalue weighted by atomic mass is 35.5. The van der Waals surface area contributed by atoms with Gasteiger partial charge in [0.05, 0.1) is 5.75 Å². The highest BCUT2D eigenvalue weighted by molar-refractivity contribution is 8.00. The average molecular weight is 315 g/mol. The average Bonchev–Trinajstić information content (AvgIpc) is 2.47. The van der Waals surface area contributed by atoms with Crippen molar-refractivity contribution in [3.63, 3.8) is 0 Å². The first kappa shape index (κ1) is 17.3. The van der Waals surface area contributed by atoms with E-state index in [1.165, 1.54) is 4.90 Å². The van der Waals surface area contributed by atoms with Gasteiger partial charge >= 0.3 is 0 Å². The number of rotatable bonds is 5. The fourth-order valence-corrected chi connectivity index (χ4v) is 3.25. The SMILES string of the molecule is CNCC1CCN(C(=O)CSc2ccccc2)CC1.Cl. The van der Waals surface area contributed by atoms with Gasteiger partial charge in [-0.15, -0.1) is 24.2 Å². The molecule has 20 heavy (non-hydrogen) atoms. The smallest absolute Gasteiger partial charge is 0.232 e. The van der Waals surface area contributed by atoms with E-state index in [1.54, 1.807) is 11.8 Å². The molecule has 3 nitrogen and oxygen atoms in total. The van der Waals surface area contributed by atoms with Crippen LogP contribution in [0.4, 0.5) is 0 Å². The Morgan fingerprint density at radius 2 is 1.95 bits per heavy atom. The van der Waals surface area contributed by atoms with E-state index in [9.17, 15) is 4.79 Å².